The van der Waals surface area contributed by atoms with Gasteiger partial charge in [-0.05, 0) is 31.0 Å². The number of anilines is 1. The molecule has 23 heavy (non-hydrogen) atoms. The molecule has 1 aliphatic heterocycles. The van der Waals surface area contributed by atoms with Gasteiger partial charge in [-0.15, -0.1) is 12.4 Å². The van der Waals surface area contributed by atoms with Crippen molar-refractivity contribution in [2.75, 3.05) is 18.4 Å². The molecule has 1 fully saturated rings. The summed E-state index contributed by atoms with van der Waals surface area (Å²) in [5.74, 6) is -0.457. The zero-order valence-electron chi connectivity index (χ0n) is 12.8. The molecule has 0 aromatic heterocycles. The highest BCUT2D eigenvalue weighted by molar-refractivity contribution is 6.34. The number of β-amino-alcohol motifs (C(OH)–C–C–N with tert-alkyl or cyclic N) is 1. The third kappa shape index (κ3) is 5.35. The summed E-state index contributed by atoms with van der Waals surface area (Å²) in [4.78, 5) is 23.9. The van der Waals surface area contributed by atoms with E-state index in [1.165, 1.54) is 0 Å². The minimum Gasteiger partial charge on any atom is -0.392 e. The third-order valence-electron chi connectivity index (χ3n) is 3.44. The van der Waals surface area contributed by atoms with Crippen molar-refractivity contribution < 1.29 is 14.7 Å². The van der Waals surface area contributed by atoms with Crippen LogP contribution in [0.3, 0.4) is 0 Å². The molecule has 2 rings (SSSR count). The smallest absolute Gasteiger partial charge is 0.252 e. The highest BCUT2D eigenvalue weighted by Crippen LogP contribution is 2.21. The molecule has 1 heterocycles. The van der Waals surface area contributed by atoms with Gasteiger partial charge in [-0.3, -0.25) is 9.59 Å². The maximum atomic E-state index is 12.0. The second kappa shape index (κ2) is 9.08. The van der Waals surface area contributed by atoms with Gasteiger partial charge >= 0.3 is 0 Å². The van der Waals surface area contributed by atoms with Crippen LogP contribution in [-0.2, 0) is 4.79 Å². The molecule has 1 aromatic rings. The van der Waals surface area contributed by atoms with Gasteiger partial charge in [-0.1, -0.05) is 18.5 Å². The standard InChI is InChI=1S/C15H20ClN3O3.ClH/c1-2-5-17-14(21)11-4-3-9(6-12(11)16)19-15(22)13-7-10(20)8-18-13;/h3-4,6,10,13,18,20H,2,5,7-8H2,1H3,(H,17,21)(H,19,22);1H. The van der Waals surface area contributed by atoms with Crippen molar-refractivity contribution >= 4 is 41.5 Å². The zero-order chi connectivity index (χ0) is 16.1. The maximum absolute atomic E-state index is 12.0. The van der Waals surface area contributed by atoms with Crippen LogP contribution >= 0.6 is 24.0 Å². The average molecular weight is 362 g/mol. The van der Waals surface area contributed by atoms with Crippen molar-refractivity contribution in [2.45, 2.75) is 31.9 Å². The summed E-state index contributed by atoms with van der Waals surface area (Å²) in [6.45, 7) is 2.97. The zero-order valence-corrected chi connectivity index (χ0v) is 14.3. The topological polar surface area (TPSA) is 90.5 Å². The molecular formula is C15H21Cl2N3O3. The number of nitrogens with one attached hydrogen (secondary N) is 3. The van der Waals surface area contributed by atoms with Crippen LogP contribution in [0, 0.1) is 0 Å². The van der Waals surface area contributed by atoms with Gasteiger partial charge in [0.25, 0.3) is 5.91 Å². The van der Waals surface area contributed by atoms with E-state index >= 15 is 0 Å². The number of hydrogen-bond acceptors (Lipinski definition) is 4. The molecule has 2 atom stereocenters. The molecule has 128 valence electrons. The second-order valence-electron chi connectivity index (χ2n) is 5.29. The Morgan fingerprint density at radius 3 is 2.74 bits per heavy atom. The summed E-state index contributed by atoms with van der Waals surface area (Å²) < 4.78 is 0. The molecule has 4 N–H and O–H groups in total. The third-order valence-corrected chi connectivity index (χ3v) is 3.75. The first-order valence-electron chi connectivity index (χ1n) is 7.31. The largest absolute Gasteiger partial charge is 0.392 e. The number of benzene rings is 1. The molecule has 1 saturated heterocycles. The van der Waals surface area contributed by atoms with Crippen LogP contribution in [0.5, 0.6) is 0 Å². The van der Waals surface area contributed by atoms with Gasteiger partial charge in [0, 0.05) is 18.8 Å². The maximum Gasteiger partial charge on any atom is 0.252 e. The van der Waals surface area contributed by atoms with E-state index in [0.717, 1.165) is 6.42 Å². The van der Waals surface area contributed by atoms with E-state index in [1.54, 1.807) is 18.2 Å². The normalized spacial score (nSPS) is 19.8. The van der Waals surface area contributed by atoms with E-state index in [4.69, 9.17) is 11.6 Å². The molecule has 0 radical (unpaired) electrons. The van der Waals surface area contributed by atoms with E-state index in [-0.39, 0.29) is 29.2 Å². The molecule has 8 heteroatoms. The molecule has 2 amide bonds. The number of carbonyl (C=O) groups is 2. The van der Waals surface area contributed by atoms with Crippen molar-refractivity contribution in [3.8, 4) is 0 Å². The highest BCUT2D eigenvalue weighted by atomic mass is 35.5. The molecule has 1 aliphatic rings. The Balaban J connectivity index is 0.00000264. The summed E-state index contributed by atoms with van der Waals surface area (Å²) in [7, 11) is 0. The first-order valence-corrected chi connectivity index (χ1v) is 7.69. The van der Waals surface area contributed by atoms with Crippen LogP contribution in [0.1, 0.15) is 30.1 Å². The molecule has 0 saturated carbocycles. The number of halogens is 2. The van der Waals surface area contributed by atoms with Crippen LogP contribution in [-0.4, -0.2) is 42.2 Å². The Kier molecular flexibility index (Phi) is 7.78. The van der Waals surface area contributed by atoms with Crippen LogP contribution in [0.25, 0.3) is 0 Å². The summed E-state index contributed by atoms with van der Waals surface area (Å²) in [6.07, 6.45) is 0.735. The lowest BCUT2D eigenvalue weighted by atomic mass is 10.1. The first-order chi connectivity index (χ1) is 10.5. The number of aliphatic hydroxyl groups is 1. The van der Waals surface area contributed by atoms with E-state index < -0.39 is 12.1 Å². The van der Waals surface area contributed by atoms with Gasteiger partial charge in [0.05, 0.1) is 22.7 Å². The van der Waals surface area contributed by atoms with E-state index in [1.807, 2.05) is 6.92 Å². The minimum atomic E-state index is -0.496. The average Bonchev–Trinajstić information content (AvgIpc) is 2.91. The second-order valence-corrected chi connectivity index (χ2v) is 5.70. The minimum absolute atomic E-state index is 0. The molecule has 0 bridgehead atoms. The van der Waals surface area contributed by atoms with E-state index in [2.05, 4.69) is 16.0 Å². The fourth-order valence-corrected chi connectivity index (χ4v) is 2.52. The van der Waals surface area contributed by atoms with Crippen LogP contribution in [0.4, 0.5) is 5.69 Å². The fraction of sp³-hybridized carbons (Fsp3) is 0.467. The molecule has 0 aliphatic carbocycles. The van der Waals surface area contributed by atoms with E-state index in [9.17, 15) is 14.7 Å². The van der Waals surface area contributed by atoms with Crippen molar-refractivity contribution in [3.05, 3.63) is 28.8 Å². The van der Waals surface area contributed by atoms with E-state index in [0.29, 0.717) is 30.8 Å². The monoisotopic (exact) mass is 361 g/mol. The summed E-state index contributed by atoms with van der Waals surface area (Å²) >= 11 is 6.10. The summed E-state index contributed by atoms with van der Waals surface area (Å²) in [5, 5.41) is 18.1. The highest BCUT2D eigenvalue weighted by Gasteiger charge is 2.28. The molecule has 2 unspecified atom stereocenters. The molecule has 6 nitrogen and oxygen atoms in total. The number of aliphatic hydroxyl groups excluding tert-OH is 1. The predicted octanol–water partition coefficient (Wildman–Crippen LogP) is 1.56. The summed E-state index contributed by atoms with van der Waals surface area (Å²) in [5.41, 5.74) is 0.896. The Morgan fingerprint density at radius 2 is 2.17 bits per heavy atom. The lowest BCUT2D eigenvalue weighted by molar-refractivity contribution is -0.117. The van der Waals surface area contributed by atoms with Gasteiger partial charge in [-0.2, -0.15) is 0 Å². The van der Waals surface area contributed by atoms with Gasteiger partial charge in [0.2, 0.25) is 5.91 Å². The van der Waals surface area contributed by atoms with Crippen molar-refractivity contribution in [3.63, 3.8) is 0 Å². The molecular weight excluding hydrogens is 341 g/mol. The fourth-order valence-electron chi connectivity index (χ4n) is 2.26. The SMILES string of the molecule is CCCNC(=O)c1ccc(NC(=O)C2CC(O)CN2)cc1Cl.Cl. The number of amides is 2. The Morgan fingerprint density at radius 1 is 1.43 bits per heavy atom. The Hall–Kier alpha value is -1.34. The first kappa shape index (κ1) is 19.7. The van der Waals surface area contributed by atoms with Crippen LogP contribution in [0.2, 0.25) is 5.02 Å². The van der Waals surface area contributed by atoms with Gasteiger partial charge in [-0.25, -0.2) is 0 Å². The number of carbonyl (C=O) groups excluding carboxylic acids is 2. The lowest BCUT2D eigenvalue weighted by Crippen LogP contribution is -2.35. The molecule has 0 spiro atoms. The van der Waals surface area contributed by atoms with Crippen molar-refractivity contribution in [1.82, 2.24) is 10.6 Å². The molecule has 1 aromatic carbocycles. The predicted molar refractivity (Wildman–Crippen MR) is 92.4 cm³/mol. The quantitative estimate of drug-likeness (QED) is 0.640. The Labute approximate surface area is 146 Å². The lowest BCUT2D eigenvalue weighted by Gasteiger charge is -2.12. The number of hydrogen-bond donors (Lipinski definition) is 4. The summed E-state index contributed by atoms with van der Waals surface area (Å²) in [6, 6.07) is 4.35. The Bertz CT molecular complexity index is 569. The van der Waals surface area contributed by atoms with Gasteiger partial charge in [0.15, 0.2) is 0 Å². The van der Waals surface area contributed by atoms with Gasteiger partial charge < -0.3 is 21.1 Å². The van der Waals surface area contributed by atoms with Crippen LogP contribution < -0.4 is 16.0 Å². The van der Waals surface area contributed by atoms with Gasteiger partial charge in [0.1, 0.15) is 0 Å². The van der Waals surface area contributed by atoms with Crippen molar-refractivity contribution in [2.24, 2.45) is 0 Å². The van der Waals surface area contributed by atoms with Crippen molar-refractivity contribution in [1.29, 1.82) is 0 Å². The number of rotatable bonds is 5. The van der Waals surface area contributed by atoms with Crippen LogP contribution in [0.15, 0.2) is 18.2 Å².